The van der Waals surface area contributed by atoms with Gasteiger partial charge in [-0.1, -0.05) is 42.5 Å². The lowest BCUT2D eigenvalue weighted by molar-refractivity contribution is -0.122. The molecule has 0 unspecified atom stereocenters. The van der Waals surface area contributed by atoms with Crippen LogP contribution >= 0.6 is 0 Å². The highest BCUT2D eigenvalue weighted by Crippen LogP contribution is 2.22. The molecule has 150 valence electrons. The molecule has 0 bridgehead atoms. The molecule has 6 nitrogen and oxygen atoms in total. The molecule has 0 aliphatic carbocycles. The summed E-state index contributed by atoms with van der Waals surface area (Å²) in [5.41, 5.74) is 0.816. The number of amides is 2. The number of hydrogen-bond acceptors (Lipinski definition) is 4. The second-order valence-electron chi connectivity index (χ2n) is 6.55. The van der Waals surface area contributed by atoms with Gasteiger partial charge in [0.25, 0.3) is 11.8 Å². The van der Waals surface area contributed by atoms with E-state index in [0.717, 1.165) is 10.8 Å². The Hall–Kier alpha value is -3.38. The van der Waals surface area contributed by atoms with Crippen LogP contribution in [0.2, 0.25) is 0 Å². The Balaban J connectivity index is 1.66. The zero-order valence-electron chi connectivity index (χ0n) is 16.5. The number of rotatable bonds is 8. The van der Waals surface area contributed by atoms with Gasteiger partial charge in [0.2, 0.25) is 0 Å². The maximum atomic E-state index is 12.6. The van der Waals surface area contributed by atoms with Crippen molar-refractivity contribution >= 4 is 28.3 Å². The monoisotopic (exact) mass is 392 g/mol. The normalized spacial score (nSPS) is 11.7. The van der Waals surface area contributed by atoms with Gasteiger partial charge < -0.3 is 20.1 Å². The van der Waals surface area contributed by atoms with E-state index in [1.807, 2.05) is 42.5 Å². The van der Waals surface area contributed by atoms with E-state index in [-0.39, 0.29) is 11.8 Å². The molecule has 2 amide bonds. The summed E-state index contributed by atoms with van der Waals surface area (Å²) in [5, 5.41) is 7.68. The Labute approximate surface area is 169 Å². The second kappa shape index (κ2) is 9.71. The van der Waals surface area contributed by atoms with Gasteiger partial charge in [-0.25, -0.2) is 0 Å². The van der Waals surface area contributed by atoms with E-state index < -0.39 is 6.10 Å². The van der Waals surface area contributed by atoms with Crippen LogP contribution in [0.5, 0.6) is 5.75 Å². The molecule has 2 N–H and O–H groups in total. The summed E-state index contributed by atoms with van der Waals surface area (Å²) in [7, 11) is 1.57. The highest BCUT2D eigenvalue weighted by molar-refractivity contribution is 6.04. The largest absolute Gasteiger partial charge is 0.481 e. The number of benzene rings is 3. The summed E-state index contributed by atoms with van der Waals surface area (Å²) >= 11 is 0. The fourth-order valence-electron chi connectivity index (χ4n) is 2.88. The Morgan fingerprint density at radius 3 is 2.48 bits per heavy atom. The number of ether oxygens (including phenoxy) is 2. The van der Waals surface area contributed by atoms with Crippen LogP contribution in [0, 0.1) is 0 Å². The summed E-state index contributed by atoms with van der Waals surface area (Å²) in [6.45, 7) is 2.47. The van der Waals surface area contributed by atoms with Crippen molar-refractivity contribution in [2.45, 2.75) is 13.0 Å². The van der Waals surface area contributed by atoms with Crippen molar-refractivity contribution in [2.24, 2.45) is 0 Å². The number of para-hydroxylation sites is 1. The Bertz CT molecular complexity index is 1000. The molecule has 3 rings (SSSR count). The zero-order chi connectivity index (χ0) is 20.6. The summed E-state index contributed by atoms with van der Waals surface area (Å²) in [6.07, 6.45) is -0.735. The van der Waals surface area contributed by atoms with Gasteiger partial charge in [-0.2, -0.15) is 0 Å². The molecule has 0 spiro atoms. The fourth-order valence-corrected chi connectivity index (χ4v) is 2.88. The van der Waals surface area contributed by atoms with Crippen molar-refractivity contribution < 1.29 is 19.1 Å². The maximum Gasteiger partial charge on any atom is 0.265 e. The summed E-state index contributed by atoms with van der Waals surface area (Å²) < 4.78 is 10.7. The van der Waals surface area contributed by atoms with Crippen LogP contribution in [0.25, 0.3) is 10.8 Å². The molecule has 0 saturated carbocycles. The molecule has 3 aromatic rings. The van der Waals surface area contributed by atoms with E-state index in [2.05, 4.69) is 10.6 Å². The molecule has 0 aliphatic heterocycles. The number of nitrogens with one attached hydrogen (secondary N) is 2. The van der Waals surface area contributed by atoms with Crippen LogP contribution in [-0.4, -0.2) is 38.2 Å². The third kappa shape index (κ3) is 5.33. The number of carbonyl (C=O) groups is 2. The molecule has 1 atom stereocenters. The van der Waals surface area contributed by atoms with Crippen molar-refractivity contribution in [3.63, 3.8) is 0 Å². The summed E-state index contributed by atoms with van der Waals surface area (Å²) in [5.74, 6) is -0.00621. The minimum Gasteiger partial charge on any atom is -0.481 e. The lowest BCUT2D eigenvalue weighted by Crippen LogP contribution is -2.32. The number of carbonyl (C=O) groups excluding carboxylic acids is 2. The highest BCUT2D eigenvalue weighted by Gasteiger charge is 2.18. The minimum absolute atomic E-state index is 0.277. The topological polar surface area (TPSA) is 76.7 Å². The third-order valence-corrected chi connectivity index (χ3v) is 4.42. The van der Waals surface area contributed by atoms with Gasteiger partial charge in [0, 0.05) is 13.7 Å². The van der Waals surface area contributed by atoms with Crippen LogP contribution in [-0.2, 0) is 9.53 Å². The molecule has 0 aliphatic rings. The molecule has 0 fully saturated rings. The van der Waals surface area contributed by atoms with Gasteiger partial charge in [-0.05, 0) is 42.0 Å². The molecule has 29 heavy (non-hydrogen) atoms. The van der Waals surface area contributed by atoms with Crippen LogP contribution < -0.4 is 15.4 Å². The summed E-state index contributed by atoms with van der Waals surface area (Å²) in [6, 6.07) is 20.5. The molecule has 6 heteroatoms. The first-order chi connectivity index (χ1) is 14.1. The van der Waals surface area contributed by atoms with Gasteiger partial charge in [0.1, 0.15) is 5.75 Å². The summed E-state index contributed by atoms with van der Waals surface area (Å²) in [4.78, 5) is 25.0. The minimum atomic E-state index is -0.735. The van der Waals surface area contributed by atoms with Gasteiger partial charge in [-0.15, -0.1) is 0 Å². The average molecular weight is 392 g/mol. The molecule has 0 saturated heterocycles. The molecule has 0 aromatic heterocycles. The predicted molar refractivity (Wildman–Crippen MR) is 113 cm³/mol. The molecule has 0 radical (unpaired) electrons. The Kier molecular flexibility index (Phi) is 6.81. The van der Waals surface area contributed by atoms with Crippen LogP contribution in [0.15, 0.2) is 66.7 Å². The molecular formula is C23H24N2O4. The number of anilines is 1. The Morgan fingerprint density at radius 2 is 1.69 bits per heavy atom. The quantitative estimate of drug-likeness (QED) is 0.574. The van der Waals surface area contributed by atoms with Crippen molar-refractivity contribution in [3.05, 3.63) is 72.3 Å². The first kappa shape index (κ1) is 20.4. The number of fused-ring (bicyclic) bond motifs is 1. The zero-order valence-corrected chi connectivity index (χ0v) is 16.5. The van der Waals surface area contributed by atoms with Crippen molar-refractivity contribution in [1.82, 2.24) is 5.32 Å². The first-order valence-electron chi connectivity index (χ1n) is 9.41. The van der Waals surface area contributed by atoms with Crippen molar-refractivity contribution in [2.75, 3.05) is 25.6 Å². The van der Waals surface area contributed by atoms with E-state index in [0.29, 0.717) is 30.2 Å². The van der Waals surface area contributed by atoms with E-state index in [1.54, 1.807) is 38.3 Å². The predicted octanol–water partition coefficient (Wildman–Crippen LogP) is 3.62. The SMILES string of the molecule is COCCNC(=O)c1ccccc1NC(=O)[C@H](C)Oc1ccc2ccccc2c1. The molecular weight excluding hydrogens is 368 g/mol. The lowest BCUT2D eigenvalue weighted by Gasteiger charge is -2.17. The number of methoxy groups -OCH3 is 1. The maximum absolute atomic E-state index is 12.6. The molecule has 3 aromatic carbocycles. The number of hydrogen-bond donors (Lipinski definition) is 2. The van der Waals surface area contributed by atoms with Crippen molar-refractivity contribution in [1.29, 1.82) is 0 Å². The van der Waals surface area contributed by atoms with Crippen LogP contribution in [0.3, 0.4) is 0 Å². The van der Waals surface area contributed by atoms with Gasteiger partial charge in [0.05, 0.1) is 17.9 Å². The lowest BCUT2D eigenvalue weighted by atomic mass is 10.1. The van der Waals surface area contributed by atoms with Gasteiger partial charge in [-0.3, -0.25) is 9.59 Å². The fraction of sp³-hybridized carbons (Fsp3) is 0.217. The first-order valence-corrected chi connectivity index (χ1v) is 9.41. The third-order valence-electron chi connectivity index (χ3n) is 4.42. The van der Waals surface area contributed by atoms with E-state index in [4.69, 9.17) is 9.47 Å². The van der Waals surface area contributed by atoms with Crippen LogP contribution in [0.4, 0.5) is 5.69 Å². The second-order valence-corrected chi connectivity index (χ2v) is 6.55. The van der Waals surface area contributed by atoms with E-state index in [1.165, 1.54) is 0 Å². The van der Waals surface area contributed by atoms with Crippen molar-refractivity contribution in [3.8, 4) is 5.75 Å². The van der Waals surface area contributed by atoms with E-state index >= 15 is 0 Å². The molecule has 0 heterocycles. The Morgan fingerprint density at radius 1 is 0.966 bits per heavy atom. The van der Waals surface area contributed by atoms with Crippen LogP contribution in [0.1, 0.15) is 17.3 Å². The standard InChI is InChI=1S/C23H24N2O4/c1-16(29-19-12-11-17-7-3-4-8-18(17)15-19)22(26)25-21-10-6-5-9-20(21)23(27)24-13-14-28-2/h3-12,15-16H,13-14H2,1-2H3,(H,24,27)(H,25,26)/t16-/m0/s1. The van der Waals surface area contributed by atoms with Gasteiger partial charge in [0.15, 0.2) is 6.10 Å². The smallest absolute Gasteiger partial charge is 0.265 e. The van der Waals surface area contributed by atoms with E-state index in [9.17, 15) is 9.59 Å². The highest BCUT2D eigenvalue weighted by atomic mass is 16.5. The van der Waals surface area contributed by atoms with Gasteiger partial charge >= 0.3 is 0 Å². The average Bonchev–Trinajstić information content (AvgIpc) is 2.74.